The fraction of sp³-hybridized carbons (Fsp3) is 0.156. The van der Waals surface area contributed by atoms with Crippen LogP contribution in [0.5, 0.6) is 0 Å². The van der Waals surface area contributed by atoms with Gasteiger partial charge in [0.15, 0.2) is 11.6 Å². The van der Waals surface area contributed by atoms with Gasteiger partial charge in [-0.15, -0.1) is 0 Å². The average molecular weight is 513 g/mol. The first-order chi connectivity index (χ1) is 18.5. The van der Waals surface area contributed by atoms with Gasteiger partial charge >= 0.3 is 0 Å². The van der Waals surface area contributed by atoms with Crippen LogP contribution in [0, 0.1) is 11.6 Å². The standard InChI is InChI=1S/C30H28F2N4.C2H6/c1-21(27-10-6-14-36(22(27)2)20-24-11-12-29(31)30(32)16-24)35-17-23-7-4-8-25(15-23)28(19-33-3)26-9-5-13-34-18-26;1-2/h4-16,18-19,33,35H,1-2,17,20H2,3H3;1-2H3/b28-19-;. The van der Waals surface area contributed by atoms with Crippen molar-refractivity contribution in [1.82, 2.24) is 20.5 Å². The van der Waals surface area contributed by atoms with Gasteiger partial charge in [-0.1, -0.05) is 57.3 Å². The zero-order valence-corrected chi connectivity index (χ0v) is 22.1. The van der Waals surface area contributed by atoms with Crippen LogP contribution >= 0.6 is 0 Å². The largest absolute Gasteiger partial charge is 0.393 e. The predicted octanol–water partition coefficient (Wildman–Crippen LogP) is 7.07. The molecule has 0 atom stereocenters. The van der Waals surface area contributed by atoms with Crippen molar-refractivity contribution in [2.75, 3.05) is 7.05 Å². The molecule has 38 heavy (non-hydrogen) atoms. The maximum atomic E-state index is 13.6. The number of hydrogen-bond donors (Lipinski definition) is 2. The number of pyridine rings is 1. The van der Waals surface area contributed by atoms with Crippen LogP contribution in [0.2, 0.25) is 0 Å². The van der Waals surface area contributed by atoms with Crippen LogP contribution in [0.3, 0.4) is 0 Å². The molecule has 0 fully saturated rings. The van der Waals surface area contributed by atoms with Crippen molar-refractivity contribution in [3.8, 4) is 0 Å². The number of hydrogen-bond acceptors (Lipinski definition) is 4. The minimum Gasteiger partial charge on any atom is -0.393 e. The molecular weight excluding hydrogens is 478 g/mol. The summed E-state index contributed by atoms with van der Waals surface area (Å²) in [6.07, 6.45) is 11.3. The van der Waals surface area contributed by atoms with Crippen LogP contribution in [-0.2, 0) is 13.1 Å². The third-order valence-electron chi connectivity index (χ3n) is 5.85. The van der Waals surface area contributed by atoms with Crippen molar-refractivity contribution in [3.05, 3.63) is 156 Å². The highest BCUT2D eigenvalue weighted by atomic mass is 19.2. The van der Waals surface area contributed by atoms with Crippen molar-refractivity contribution in [2.24, 2.45) is 0 Å². The van der Waals surface area contributed by atoms with Crippen LogP contribution < -0.4 is 10.6 Å². The van der Waals surface area contributed by atoms with Crippen LogP contribution in [0.25, 0.3) is 5.57 Å². The van der Waals surface area contributed by atoms with E-state index in [1.54, 1.807) is 12.3 Å². The first kappa shape index (κ1) is 28.1. The molecule has 4 nitrogen and oxygen atoms in total. The summed E-state index contributed by atoms with van der Waals surface area (Å²) < 4.78 is 26.9. The van der Waals surface area contributed by atoms with Gasteiger partial charge in [0.25, 0.3) is 0 Å². The summed E-state index contributed by atoms with van der Waals surface area (Å²) in [5.41, 5.74) is 7.19. The number of aromatic nitrogens is 1. The summed E-state index contributed by atoms with van der Waals surface area (Å²) in [4.78, 5) is 6.13. The molecule has 1 aromatic heterocycles. The normalized spacial score (nSPS) is 12.9. The summed E-state index contributed by atoms with van der Waals surface area (Å²) in [6.45, 7) is 13.3. The molecule has 0 spiro atoms. The van der Waals surface area contributed by atoms with Crippen LogP contribution in [0.15, 0.2) is 122 Å². The van der Waals surface area contributed by atoms with Crippen molar-refractivity contribution in [1.29, 1.82) is 0 Å². The van der Waals surface area contributed by atoms with E-state index in [4.69, 9.17) is 0 Å². The Morgan fingerprint density at radius 3 is 2.50 bits per heavy atom. The van der Waals surface area contributed by atoms with Crippen LogP contribution in [0.4, 0.5) is 8.78 Å². The van der Waals surface area contributed by atoms with Crippen molar-refractivity contribution < 1.29 is 8.78 Å². The molecule has 1 aliphatic heterocycles. The molecule has 2 heterocycles. The summed E-state index contributed by atoms with van der Waals surface area (Å²) in [5.74, 6) is -1.72. The van der Waals surface area contributed by atoms with Gasteiger partial charge < -0.3 is 15.5 Å². The fourth-order valence-electron chi connectivity index (χ4n) is 3.99. The van der Waals surface area contributed by atoms with Crippen LogP contribution in [0.1, 0.15) is 36.1 Å². The molecule has 0 radical (unpaired) electrons. The first-order valence-electron chi connectivity index (χ1n) is 12.5. The van der Waals surface area contributed by atoms with Gasteiger partial charge in [0.2, 0.25) is 0 Å². The minimum atomic E-state index is -0.862. The predicted molar refractivity (Wildman–Crippen MR) is 152 cm³/mol. The molecule has 4 rings (SSSR count). The van der Waals surface area contributed by atoms with Gasteiger partial charge in [-0.2, -0.15) is 0 Å². The second-order valence-corrected chi connectivity index (χ2v) is 8.37. The lowest BCUT2D eigenvalue weighted by atomic mass is 9.98. The number of benzene rings is 2. The lowest BCUT2D eigenvalue weighted by Gasteiger charge is -2.28. The number of nitrogens with zero attached hydrogens (tertiary/aromatic N) is 2. The summed E-state index contributed by atoms with van der Waals surface area (Å²) in [7, 11) is 1.88. The molecule has 2 aromatic carbocycles. The fourth-order valence-corrected chi connectivity index (χ4v) is 3.99. The monoisotopic (exact) mass is 512 g/mol. The van der Waals surface area contributed by atoms with E-state index >= 15 is 0 Å². The molecule has 0 amide bonds. The topological polar surface area (TPSA) is 40.2 Å². The summed E-state index contributed by atoms with van der Waals surface area (Å²) in [5, 5.41) is 6.52. The maximum Gasteiger partial charge on any atom is 0.159 e. The average Bonchev–Trinajstić information content (AvgIpc) is 2.95. The Kier molecular flexibility index (Phi) is 10.2. The molecule has 0 saturated heterocycles. The zero-order valence-electron chi connectivity index (χ0n) is 22.1. The zero-order chi connectivity index (χ0) is 27.5. The Labute approximate surface area is 224 Å². The van der Waals surface area contributed by atoms with Crippen molar-refractivity contribution in [3.63, 3.8) is 0 Å². The minimum absolute atomic E-state index is 0.369. The highest BCUT2D eigenvalue weighted by Crippen LogP contribution is 2.27. The smallest absolute Gasteiger partial charge is 0.159 e. The van der Waals surface area contributed by atoms with Gasteiger partial charge in [0.05, 0.1) is 0 Å². The van der Waals surface area contributed by atoms with Gasteiger partial charge in [-0.05, 0) is 53.1 Å². The molecule has 0 aliphatic carbocycles. The van der Waals surface area contributed by atoms with E-state index in [1.165, 1.54) is 6.07 Å². The van der Waals surface area contributed by atoms with E-state index < -0.39 is 11.6 Å². The second kappa shape index (κ2) is 13.7. The molecule has 0 unspecified atom stereocenters. The lowest BCUT2D eigenvalue weighted by Crippen LogP contribution is -2.23. The summed E-state index contributed by atoms with van der Waals surface area (Å²) in [6, 6.07) is 16.2. The van der Waals surface area contributed by atoms with Gasteiger partial charge in [0, 0.05) is 73.0 Å². The molecule has 2 N–H and O–H groups in total. The Hall–Kier alpha value is -4.45. The Morgan fingerprint density at radius 1 is 1.00 bits per heavy atom. The highest BCUT2D eigenvalue weighted by molar-refractivity contribution is 5.79. The van der Waals surface area contributed by atoms with E-state index in [2.05, 4.69) is 47.0 Å². The number of allylic oxidation sites excluding steroid dienone is 2. The molecule has 196 valence electrons. The number of nitrogens with one attached hydrogen (secondary N) is 2. The van der Waals surface area contributed by atoms with Crippen molar-refractivity contribution in [2.45, 2.75) is 26.9 Å². The van der Waals surface area contributed by atoms with Crippen LogP contribution in [-0.4, -0.2) is 16.9 Å². The van der Waals surface area contributed by atoms with Gasteiger partial charge in [-0.3, -0.25) is 4.98 Å². The Balaban J connectivity index is 0.00000195. The molecule has 3 aromatic rings. The quantitative estimate of drug-likeness (QED) is 0.322. The molecule has 1 aliphatic rings. The third kappa shape index (κ3) is 7.07. The highest BCUT2D eigenvalue weighted by Gasteiger charge is 2.17. The van der Waals surface area contributed by atoms with Gasteiger partial charge in [-0.25, -0.2) is 8.78 Å². The molecule has 6 heteroatoms. The number of halogens is 2. The molecule has 0 bridgehead atoms. The van der Waals surface area contributed by atoms with E-state index in [1.807, 2.05) is 74.7 Å². The second-order valence-electron chi connectivity index (χ2n) is 8.37. The maximum absolute atomic E-state index is 13.6. The molecule has 0 saturated carbocycles. The van der Waals surface area contributed by atoms with Crippen molar-refractivity contribution >= 4 is 5.57 Å². The van der Waals surface area contributed by atoms with E-state index in [0.717, 1.165) is 45.3 Å². The van der Waals surface area contributed by atoms with E-state index in [-0.39, 0.29) is 0 Å². The first-order valence-corrected chi connectivity index (χ1v) is 12.5. The van der Waals surface area contributed by atoms with Gasteiger partial charge in [0.1, 0.15) is 0 Å². The molecular formula is C32H34F2N4. The Morgan fingerprint density at radius 2 is 1.79 bits per heavy atom. The SMILES string of the molecule is C=C(NCc1cccc(/C(=C/NC)c2cccnc2)c1)C1=CC=CN(Cc2ccc(F)c(F)c2)C1=C.CC. The van der Waals surface area contributed by atoms with E-state index in [0.29, 0.717) is 18.7 Å². The summed E-state index contributed by atoms with van der Waals surface area (Å²) >= 11 is 0. The van der Waals surface area contributed by atoms with E-state index in [9.17, 15) is 8.78 Å². The third-order valence-corrected chi connectivity index (χ3v) is 5.85. The number of rotatable bonds is 9. The Bertz CT molecular complexity index is 1360. The lowest BCUT2D eigenvalue weighted by molar-refractivity contribution is 0.457.